The lowest BCUT2D eigenvalue weighted by molar-refractivity contribution is 0.103. The summed E-state index contributed by atoms with van der Waals surface area (Å²) in [6.45, 7) is 5.29. The Balaban J connectivity index is 2.08. The van der Waals surface area contributed by atoms with Gasteiger partial charge in [0.2, 0.25) is 0 Å². The van der Waals surface area contributed by atoms with E-state index in [1.807, 2.05) is 0 Å². The molecule has 0 aromatic rings. The molecule has 1 aliphatic rings. The highest BCUT2D eigenvalue weighted by molar-refractivity contribution is 4.69. The zero-order valence-corrected chi connectivity index (χ0v) is 11.2. The van der Waals surface area contributed by atoms with E-state index in [2.05, 4.69) is 10.2 Å². The van der Waals surface area contributed by atoms with Crippen LogP contribution < -0.4 is 5.32 Å². The minimum Gasteiger partial charge on any atom is -0.390 e. The summed E-state index contributed by atoms with van der Waals surface area (Å²) in [7, 11) is 1.69. The van der Waals surface area contributed by atoms with Crippen molar-refractivity contribution in [2.24, 2.45) is 0 Å². The highest BCUT2D eigenvalue weighted by atomic mass is 16.5. The molecule has 0 bridgehead atoms. The van der Waals surface area contributed by atoms with Crippen molar-refractivity contribution in [2.75, 3.05) is 46.4 Å². The fourth-order valence-corrected chi connectivity index (χ4v) is 2.30. The normalized spacial score (nSPS) is 20.8. The summed E-state index contributed by atoms with van der Waals surface area (Å²) in [5, 5.41) is 13.1. The third-order valence-corrected chi connectivity index (χ3v) is 3.28. The van der Waals surface area contributed by atoms with Crippen molar-refractivity contribution >= 4 is 0 Å². The van der Waals surface area contributed by atoms with Crippen LogP contribution in [0.3, 0.4) is 0 Å². The van der Waals surface area contributed by atoms with Crippen LogP contribution in [0.1, 0.15) is 32.1 Å². The molecule has 1 atom stereocenters. The SMILES string of the molecule is COCCNCC(O)CN1CCCCCCC1. The Hall–Kier alpha value is -0.160. The Bertz CT molecular complexity index is 171. The Kier molecular flexibility index (Phi) is 8.61. The summed E-state index contributed by atoms with van der Waals surface area (Å²) >= 11 is 0. The van der Waals surface area contributed by atoms with Crippen LogP contribution in [0.25, 0.3) is 0 Å². The number of β-amino-alcohol motifs (C(OH)–C–C–N with tert-alkyl or cyclic N) is 1. The first-order valence-corrected chi connectivity index (χ1v) is 6.93. The summed E-state index contributed by atoms with van der Waals surface area (Å²) < 4.78 is 4.95. The standard InChI is InChI=1S/C13H28N2O2/c1-17-10-7-14-11-13(16)12-15-8-5-3-2-4-6-9-15/h13-14,16H,2-12H2,1H3. The van der Waals surface area contributed by atoms with Gasteiger partial charge in [0.25, 0.3) is 0 Å². The summed E-state index contributed by atoms with van der Waals surface area (Å²) in [6, 6.07) is 0. The fourth-order valence-electron chi connectivity index (χ4n) is 2.30. The molecule has 1 saturated heterocycles. The van der Waals surface area contributed by atoms with Crippen LogP contribution in [0.4, 0.5) is 0 Å². The predicted octanol–water partition coefficient (Wildman–Crippen LogP) is 0.849. The number of aliphatic hydroxyl groups excluding tert-OH is 1. The molecular weight excluding hydrogens is 216 g/mol. The van der Waals surface area contributed by atoms with Crippen molar-refractivity contribution in [3.63, 3.8) is 0 Å². The van der Waals surface area contributed by atoms with Crippen molar-refractivity contribution in [3.8, 4) is 0 Å². The van der Waals surface area contributed by atoms with E-state index >= 15 is 0 Å². The van der Waals surface area contributed by atoms with Gasteiger partial charge in [-0.1, -0.05) is 19.3 Å². The van der Waals surface area contributed by atoms with Gasteiger partial charge >= 0.3 is 0 Å². The number of methoxy groups -OCH3 is 1. The molecule has 102 valence electrons. The number of ether oxygens (including phenoxy) is 1. The minimum atomic E-state index is -0.258. The van der Waals surface area contributed by atoms with Gasteiger partial charge < -0.3 is 20.1 Å². The predicted molar refractivity (Wildman–Crippen MR) is 70.3 cm³/mol. The van der Waals surface area contributed by atoms with E-state index in [1.54, 1.807) is 7.11 Å². The third-order valence-electron chi connectivity index (χ3n) is 3.28. The molecule has 0 radical (unpaired) electrons. The van der Waals surface area contributed by atoms with Gasteiger partial charge in [0.1, 0.15) is 0 Å². The fraction of sp³-hybridized carbons (Fsp3) is 1.00. The van der Waals surface area contributed by atoms with Crippen LogP contribution in [0.2, 0.25) is 0 Å². The molecular formula is C13H28N2O2. The van der Waals surface area contributed by atoms with E-state index in [1.165, 1.54) is 32.1 Å². The smallest absolute Gasteiger partial charge is 0.0791 e. The average Bonchev–Trinajstić information content (AvgIpc) is 2.28. The van der Waals surface area contributed by atoms with Crippen molar-refractivity contribution in [2.45, 2.75) is 38.2 Å². The van der Waals surface area contributed by atoms with E-state index in [0.717, 1.165) is 26.2 Å². The monoisotopic (exact) mass is 244 g/mol. The van der Waals surface area contributed by atoms with E-state index in [0.29, 0.717) is 13.2 Å². The maximum Gasteiger partial charge on any atom is 0.0791 e. The van der Waals surface area contributed by atoms with Crippen molar-refractivity contribution in [1.29, 1.82) is 0 Å². The van der Waals surface area contributed by atoms with Crippen molar-refractivity contribution in [1.82, 2.24) is 10.2 Å². The van der Waals surface area contributed by atoms with Crippen LogP contribution >= 0.6 is 0 Å². The molecule has 0 aliphatic carbocycles. The quantitative estimate of drug-likeness (QED) is 0.652. The molecule has 0 spiro atoms. The Morgan fingerprint density at radius 3 is 2.47 bits per heavy atom. The molecule has 1 rings (SSSR count). The van der Waals surface area contributed by atoms with Gasteiger partial charge in [-0.25, -0.2) is 0 Å². The summed E-state index contributed by atoms with van der Waals surface area (Å²) in [5.41, 5.74) is 0. The molecule has 1 unspecified atom stereocenters. The highest BCUT2D eigenvalue weighted by Gasteiger charge is 2.12. The molecule has 0 aromatic heterocycles. The van der Waals surface area contributed by atoms with E-state index < -0.39 is 0 Å². The van der Waals surface area contributed by atoms with Crippen molar-refractivity contribution < 1.29 is 9.84 Å². The van der Waals surface area contributed by atoms with Crippen LogP contribution in [-0.4, -0.2) is 62.6 Å². The molecule has 0 amide bonds. The lowest BCUT2D eigenvalue weighted by atomic mass is 10.1. The Morgan fingerprint density at radius 1 is 1.18 bits per heavy atom. The Morgan fingerprint density at radius 2 is 1.82 bits per heavy atom. The maximum atomic E-state index is 9.92. The molecule has 1 heterocycles. The van der Waals surface area contributed by atoms with Crippen molar-refractivity contribution in [3.05, 3.63) is 0 Å². The number of hydrogen-bond acceptors (Lipinski definition) is 4. The number of nitrogens with zero attached hydrogens (tertiary/aromatic N) is 1. The lowest BCUT2D eigenvalue weighted by Gasteiger charge is -2.26. The number of rotatable bonds is 7. The molecule has 1 fully saturated rings. The van der Waals surface area contributed by atoms with Gasteiger partial charge in [-0.05, 0) is 25.9 Å². The molecule has 1 aliphatic heterocycles. The number of aliphatic hydroxyl groups is 1. The second-order valence-electron chi connectivity index (χ2n) is 4.92. The minimum absolute atomic E-state index is 0.258. The number of nitrogens with one attached hydrogen (secondary N) is 1. The first-order chi connectivity index (χ1) is 8.33. The molecule has 17 heavy (non-hydrogen) atoms. The van der Waals surface area contributed by atoms with Gasteiger partial charge in [-0.3, -0.25) is 0 Å². The summed E-state index contributed by atoms with van der Waals surface area (Å²) in [5.74, 6) is 0. The molecule has 4 nitrogen and oxygen atoms in total. The topological polar surface area (TPSA) is 44.7 Å². The lowest BCUT2D eigenvalue weighted by Crippen LogP contribution is -2.40. The van der Waals surface area contributed by atoms with Crippen LogP contribution in [-0.2, 0) is 4.74 Å². The van der Waals surface area contributed by atoms with E-state index in [4.69, 9.17) is 4.74 Å². The zero-order chi connectivity index (χ0) is 12.3. The zero-order valence-electron chi connectivity index (χ0n) is 11.2. The van der Waals surface area contributed by atoms with E-state index in [9.17, 15) is 5.11 Å². The number of likely N-dealkylation sites (tertiary alicyclic amines) is 1. The Labute approximate surface area is 105 Å². The molecule has 0 aromatic carbocycles. The second-order valence-corrected chi connectivity index (χ2v) is 4.92. The first-order valence-electron chi connectivity index (χ1n) is 6.93. The largest absolute Gasteiger partial charge is 0.390 e. The maximum absolute atomic E-state index is 9.92. The van der Waals surface area contributed by atoms with Gasteiger partial charge in [0.05, 0.1) is 12.7 Å². The van der Waals surface area contributed by atoms with Crippen LogP contribution in [0.15, 0.2) is 0 Å². The first kappa shape index (κ1) is 14.9. The van der Waals surface area contributed by atoms with Crippen LogP contribution in [0.5, 0.6) is 0 Å². The van der Waals surface area contributed by atoms with Gasteiger partial charge in [0.15, 0.2) is 0 Å². The van der Waals surface area contributed by atoms with Crippen LogP contribution in [0, 0.1) is 0 Å². The third kappa shape index (κ3) is 7.71. The second kappa shape index (κ2) is 9.83. The van der Waals surface area contributed by atoms with Gasteiger partial charge in [0, 0.05) is 26.7 Å². The molecule has 2 N–H and O–H groups in total. The van der Waals surface area contributed by atoms with Gasteiger partial charge in [-0.2, -0.15) is 0 Å². The average molecular weight is 244 g/mol. The molecule has 0 saturated carbocycles. The van der Waals surface area contributed by atoms with Gasteiger partial charge in [-0.15, -0.1) is 0 Å². The summed E-state index contributed by atoms with van der Waals surface area (Å²) in [4.78, 5) is 2.40. The number of hydrogen-bond donors (Lipinski definition) is 2. The summed E-state index contributed by atoms with van der Waals surface area (Å²) in [6.07, 6.45) is 6.38. The highest BCUT2D eigenvalue weighted by Crippen LogP contribution is 2.10. The van der Waals surface area contributed by atoms with E-state index in [-0.39, 0.29) is 6.10 Å². The molecule has 4 heteroatoms.